The zero-order valence-corrected chi connectivity index (χ0v) is 16.2. The maximum atomic E-state index is 12.2. The number of hydrogen-bond donors (Lipinski definition) is 2. The van der Waals surface area contributed by atoms with E-state index in [4.69, 9.17) is 0 Å². The molecule has 28 heavy (non-hydrogen) atoms. The molecule has 2 N–H and O–H groups in total. The predicted octanol–water partition coefficient (Wildman–Crippen LogP) is 2.54. The minimum Gasteiger partial charge on any atom is -0.372 e. The summed E-state index contributed by atoms with van der Waals surface area (Å²) >= 11 is 0. The molecule has 0 bridgehead atoms. The molecule has 0 radical (unpaired) electrons. The van der Waals surface area contributed by atoms with Crippen LogP contribution in [0.4, 0.5) is 16.4 Å². The Morgan fingerprint density at radius 1 is 0.964 bits per heavy atom. The molecule has 2 aliphatic heterocycles. The highest BCUT2D eigenvalue weighted by Gasteiger charge is 2.22. The Morgan fingerprint density at radius 2 is 1.64 bits per heavy atom. The molecule has 1 aromatic carbocycles. The second-order valence-corrected chi connectivity index (χ2v) is 7.50. The van der Waals surface area contributed by atoms with E-state index in [0.29, 0.717) is 6.54 Å². The van der Waals surface area contributed by atoms with Gasteiger partial charge in [-0.1, -0.05) is 12.1 Å². The zero-order chi connectivity index (χ0) is 19.2. The van der Waals surface area contributed by atoms with Crippen LogP contribution in [0.5, 0.6) is 0 Å². The molecule has 1 aromatic heterocycles. The third kappa shape index (κ3) is 4.71. The lowest BCUT2D eigenvalue weighted by atomic mass is 10.1. The molecule has 2 aromatic rings. The molecule has 0 unspecified atom stereocenters. The Kier molecular flexibility index (Phi) is 5.89. The van der Waals surface area contributed by atoms with Crippen LogP contribution in [-0.2, 0) is 6.54 Å². The highest BCUT2D eigenvalue weighted by molar-refractivity contribution is 5.74. The van der Waals surface area contributed by atoms with Gasteiger partial charge in [-0.05, 0) is 49.4 Å². The summed E-state index contributed by atoms with van der Waals surface area (Å²) in [4.78, 5) is 25.4. The van der Waals surface area contributed by atoms with Gasteiger partial charge in [0.25, 0.3) is 0 Å². The fourth-order valence-electron chi connectivity index (χ4n) is 3.90. The number of amides is 2. The molecule has 2 fully saturated rings. The van der Waals surface area contributed by atoms with E-state index < -0.39 is 0 Å². The highest BCUT2D eigenvalue weighted by atomic mass is 16.2. The molecule has 148 valence electrons. The number of benzene rings is 1. The first-order chi connectivity index (χ1) is 13.8. The van der Waals surface area contributed by atoms with Crippen molar-refractivity contribution in [2.45, 2.75) is 38.3 Å². The Morgan fingerprint density at radius 3 is 2.32 bits per heavy atom. The van der Waals surface area contributed by atoms with E-state index in [1.165, 1.54) is 18.5 Å². The number of piperidine rings is 1. The fourth-order valence-corrected chi connectivity index (χ4v) is 3.90. The number of urea groups is 1. The molecule has 2 saturated heterocycles. The second-order valence-electron chi connectivity index (χ2n) is 7.50. The van der Waals surface area contributed by atoms with E-state index >= 15 is 0 Å². The van der Waals surface area contributed by atoms with Crippen LogP contribution in [0.25, 0.3) is 0 Å². The van der Waals surface area contributed by atoms with Crippen LogP contribution in [0.1, 0.15) is 31.2 Å². The Bertz CT molecular complexity index is 752. The molecule has 0 aliphatic carbocycles. The minimum atomic E-state index is -0.0990. The van der Waals surface area contributed by atoms with Crippen molar-refractivity contribution in [3.05, 3.63) is 48.3 Å². The zero-order valence-electron chi connectivity index (χ0n) is 16.2. The Hall–Kier alpha value is -2.83. The molecular weight excluding hydrogens is 352 g/mol. The number of rotatable bonds is 5. The van der Waals surface area contributed by atoms with Crippen molar-refractivity contribution in [3.8, 4) is 0 Å². The summed E-state index contributed by atoms with van der Waals surface area (Å²) in [6.07, 6.45) is 7.88. The van der Waals surface area contributed by atoms with Crippen molar-refractivity contribution < 1.29 is 4.79 Å². The molecule has 3 heterocycles. The molecule has 7 nitrogen and oxygen atoms in total. The monoisotopic (exact) mass is 380 g/mol. The summed E-state index contributed by atoms with van der Waals surface area (Å²) in [5.41, 5.74) is 2.40. The average Bonchev–Trinajstić information content (AvgIpc) is 3.29. The van der Waals surface area contributed by atoms with Gasteiger partial charge in [-0.15, -0.1) is 0 Å². The summed E-state index contributed by atoms with van der Waals surface area (Å²) in [6.45, 7) is 4.55. The molecule has 4 rings (SSSR count). The van der Waals surface area contributed by atoms with Gasteiger partial charge < -0.3 is 20.4 Å². The first-order valence-electron chi connectivity index (χ1n) is 10.2. The third-order valence-electron chi connectivity index (χ3n) is 5.53. The number of carbonyl (C=O) groups is 1. The van der Waals surface area contributed by atoms with Gasteiger partial charge in [-0.3, -0.25) is 0 Å². The van der Waals surface area contributed by atoms with Gasteiger partial charge in [0.15, 0.2) is 0 Å². The number of anilines is 2. The van der Waals surface area contributed by atoms with Crippen LogP contribution in [0.15, 0.2) is 42.7 Å². The van der Waals surface area contributed by atoms with Gasteiger partial charge in [0.2, 0.25) is 5.95 Å². The number of hydrogen-bond acceptors (Lipinski definition) is 5. The first-order valence-corrected chi connectivity index (χ1v) is 10.2. The largest absolute Gasteiger partial charge is 0.372 e. The SMILES string of the molecule is O=C(NCc1ccc(N2CCCC2)cc1)NC1CCN(c2ncccn2)CC1. The van der Waals surface area contributed by atoms with Crippen LogP contribution >= 0.6 is 0 Å². The minimum absolute atomic E-state index is 0.0990. The van der Waals surface area contributed by atoms with E-state index in [2.05, 4.69) is 54.7 Å². The van der Waals surface area contributed by atoms with Crippen LogP contribution in [0, 0.1) is 0 Å². The third-order valence-corrected chi connectivity index (χ3v) is 5.53. The van der Waals surface area contributed by atoms with Crippen LogP contribution in [-0.4, -0.2) is 48.2 Å². The van der Waals surface area contributed by atoms with Crippen molar-refractivity contribution in [3.63, 3.8) is 0 Å². The number of nitrogens with zero attached hydrogens (tertiary/aromatic N) is 4. The number of aromatic nitrogens is 2. The van der Waals surface area contributed by atoms with Gasteiger partial charge in [0, 0.05) is 56.8 Å². The maximum Gasteiger partial charge on any atom is 0.315 e. The van der Waals surface area contributed by atoms with Crippen molar-refractivity contribution in [2.24, 2.45) is 0 Å². The van der Waals surface area contributed by atoms with Gasteiger partial charge in [0.1, 0.15) is 0 Å². The molecule has 0 saturated carbocycles. The molecule has 2 amide bonds. The Balaban J connectivity index is 1.19. The lowest BCUT2D eigenvalue weighted by Crippen LogP contribution is -2.48. The van der Waals surface area contributed by atoms with Crippen molar-refractivity contribution in [1.82, 2.24) is 20.6 Å². The molecule has 0 spiro atoms. The fraction of sp³-hybridized carbons (Fsp3) is 0.476. The summed E-state index contributed by atoms with van der Waals surface area (Å²) < 4.78 is 0. The van der Waals surface area contributed by atoms with Gasteiger partial charge in [-0.25, -0.2) is 14.8 Å². The lowest BCUT2D eigenvalue weighted by Gasteiger charge is -2.32. The standard InChI is InChI=1S/C21H28N6O/c28-21(24-16-17-4-6-19(7-5-17)26-12-1-2-13-26)25-18-8-14-27(15-9-18)20-22-10-3-11-23-20/h3-7,10-11,18H,1-2,8-9,12-16H2,(H2,24,25,28). The number of carbonyl (C=O) groups excluding carboxylic acids is 1. The maximum absolute atomic E-state index is 12.2. The van der Waals surface area contributed by atoms with Crippen LogP contribution in [0.3, 0.4) is 0 Å². The van der Waals surface area contributed by atoms with Crippen molar-refractivity contribution >= 4 is 17.7 Å². The Labute approximate surface area is 166 Å². The molecule has 2 aliphatic rings. The highest BCUT2D eigenvalue weighted by Crippen LogP contribution is 2.20. The van der Waals surface area contributed by atoms with E-state index in [1.54, 1.807) is 12.4 Å². The average molecular weight is 380 g/mol. The van der Waals surface area contributed by atoms with E-state index in [9.17, 15) is 4.79 Å². The van der Waals surface area contributed by atoms with Gasteiger partial charge in [-0.2, -0.15) is 0 Å². The van der Waals surface area contributed by atoms with E-state index in [1.807, 2.05) is 6.07 Å². The number of nitrogens with one attached hydrogen (secondary N) is 2. The molecular formula is C21H28N6O. The molecule has 0 atom stereocenters. The van der Waals surface area contributed by atoms with Crippen molar-refractivity contribution in [1.29, 1.82) is 0 Å². The van der Waals surface area contributed by atoms with Crippen molar-refractivity contribution in [2.75, 3.05) is 36.0 Å². The summed E-state index contributed by atoms with van der Waals surface area (Å²) in [6, 6.07) is 10.4. The first kappa shape index (κ1) is 18.5. The topological polar surface area (TPSA) is 73.4 Å². The summed E-state index contributed by atoms with van der Waals surface area (Å²) in [5, 5.41) is 6.07. The van der Waals surface area contributed by atoms with Gasteiger partial charge >= 0.3 is 6.03 Å². The van der Waals surface area contributed by atoms with Crippen LogP contribution < -0.4 is 20.4 Å². The van der Waals surface area contributed by atoms with E-state index in [0.717, 1.165) is 50.5 Å². The lowest BCUT2D eigenvalue weighted by molar-refractivity contribution is 0.234. The van der Waals surface area contributed by atoms with E-state index in [-0.39, 0.29) is 12.1 Å². The van der Waals surface area contributed by atoms with Crippen LogP contribution in [0.2, 0.25) is 0 Å². The quantitative estimate of drug-likeness (QED) is 0.834. The predicted molar refractivity (Wildman–Crippen MR) is 111 cm³/mol. The normalized spacial score (nSPS) is 17.6. The summed E-state index contributed by atoms with van der Waals surface area (Å²) in [5.74, 6) is 0.766. The second kappa shape index (κ2) is 8.91. The smallest absolute Gasteiger partial charge is 0.315 e. The summed E-state index contributed by atoms with van der Waals surface area (Å²) in [7, 11) is 0. The van der Waals surface area contributed by atoms with Gasteiger partial charge in [0.05, 0.1) is 0 Å². The molecule has 7 heteroatoms.